The third-order valence-corrected chi connectivity index (χ3v) is 11.2. The van der Waals surface area contributed by atoms with E-state index in [-0.39, 0.29) is 23.5 Å². The number of likely N-dealkylation sites (tertiary alicyclic amines) is 1. The highest BCUT2D eigenvalue weighted by Crippen LogP contribution is 2.32. The summed E-state index contributed by atoms with van der Waals surface area (Å²) in [6.45, 7) is 15.3. The van der Waals surface area contributed by atoms with Gasteiger partial charge >= 0.3 is 5.97 Å². The lowest BCUT2D eigenvalue weighted by atomic mass is 9.91. The van der Waals surface area contributed by atoms with Crippen LogP contribution < -0.4 is 4.74 Å². The first-order valence-corrected chi connectivity index (χ1v) is 20.3. The van der Waals surface area contributed by atoms with Gasteiger partial charge in [-0.3, -0.25) is 9.59 Å². The Bertz CT molecular complexity index is 1840. The summed E-state index contributed by atoms with van der Waals surface area (Å²) < 4.78 is 11.6. The molecule has 3 heterocycles. The number of ether oxygens (including phenoxy) is 2. The molecule has 288 valence electrons. The molecule has 0 unspecified atom stereocenters. The van der Waals surface area contributed by atoms with Crippen LogP contribution in [0, 0.1) is 5.92 Å². The predicted octanol–water partition coefficient (Wildman–Crippen LogP) is 10.3. The molecule has 4 aromatic rings. The molecule has 0 aliphatic carbocycles. The van der Waals surface area contributed by atoms with Crippen LogP contribution in [0.1, 0.15) is 120 Å². The van der Waals surface area contributed by atoms with Crippen molar-refractivity contribution in [1.29, 1.82) is 0 Å². The van der Waals surface area contributed by atoms with Crippen molar-refractivity contribution in [2.75, 3.05) is 13.2 Å². The minimum absolute atomic E-state index is 0.0545. The fraction of sp³-hybridized carbons (Fsp3) is 0.489. The molecule has 54 heavy (non-hydrogen) atoms. The number of ketones is 1. The van der Waals surface area contributed by atoms with E-state index in [2.05, 4.69) is 37.7 Å². The molecule has 1 amide bonds. The molecule has 0 bridgehead atoms. The Morgan fingerprint density at radius 3 is 2.13 bits per heavy atom. The zero-order chi connectivity index (χ0) is 38.9. The number of thiophene rings is 1. The monoisotopic (exact) mass is 751 g/mol. The number of nitrogens with zero attached hydrogens (tertiary/aromatic N) is 3. The van der Waals surface area contributed by atoms with E-state index in [4.69, 9.17) is 9.47 Å². The molecule has 2 atom stereocenters. The van der Waals surface area contributed by atoms with Crippen LogP contribution in [0.15, 0.2) is 73.1 Å². The Balaban J connectivity index is 1.27. The summed E-state index contributed by atoms with van der Waals surface area (Å²) in [5.74, 6) is 0.188. The Hall–Kier alpha value is -4.37. The number of benzene rings is 2. The van der Waals surface area contributed by atoms with Gasteiger partial charge in [0.05, 0.1) is 11.5 Å². The molecule has 1 fully saturated rings. The van der Waals surface area contributed by atoms with Gasteiger partial charge in [-0.15, -0.1) is 11.3 Å². The maximum Gasteiger partial charge on any atom is 0.329 e. The van der Waals surface area contributed by atoms with E-state index in [9.17, 15) is 14.4 Å². The molecule has 1 saturated heterocycles. The van der Waals surface area contributed by atoms with E-state index in [1.54, 1.807) is 4.90 Å². The third kappa shape index (κ3) is 11.3. The number of carbonyl (C=O) groups is 3. The van der Waals surface area contributed by atoms with Crippen molar-refractivity contribution in [2.45, 2.75) is 123 Å². The largest absolute Gasteiger partial charge is 0.494 e. The minimum Gasteiger partial charge on any atom is -0.494 e. The molecular weight excluding hydrogens is 695 g/mol. The molecule has 0 spiro atoms. The summed E-state index contributed by atoms with van der Waals surface area (Å²) in [4.78, 5) is 53.8. The van der Waals surface area contributed by atoms with Crippen molar-refractivity contribution in [1.82, 2.24) is 14.9 Å². The molecular formula is C45H57N3O5S. The standard InChI is InChI=1S/C45H57N3O5S/c1-8-9-10-11-12-26-52-36-21-19-32(20-22-36)35-29-46-41(47-30-35)33-17-15-31(16-18-33)27-34(28-38(49)39-23-24-40(54-39)44(2,3)4)42(50)48-25-13-14-37(48)43(51)53-45(5,6)7/h15-24,29-30,34,37H,8-14,25-28H2,1-7H3/t34-,37+/m1/s1. The summed E-state index contributed by atoms with van der Waals surface area (Å²) in [5, 5.41) is 0. The Kier molecular flexibility index (Phi) is 13.8. The van der Waals surface area contributed by atoms with Gasteiger partial charge in [0.2, 0.25) is 5.91 Å². The third-order valence-electron chi connectivity index (χ3n) is 9.67. The van der Waals surface area contributed by atoms with Crippen LogP contribution in [-0.4, -0.2) is 57.3 Å². The van der Waals surface area contributed by atoms with E-state index >= 15 is 0 Å². The molecule has 1 aliphatic rings. The highest BCUT2D eigenvalue weighted by Gasteiger charge is 2.40. The lowest BCUT2D eigenvalue weighted by molar-refractivity contribution is -0.164. The summed E-state index contributed by atoms with van der Waals surface area (Å²) in [6, 6.07) is 19.1. The summed E-state index contributed by atoms with van der Waals surface area (Å²) >= 11 is 1.49. The second-order valence-corrected chi connectivity index (χ2v) is 17.5. The van der Waals surface area contributed by atoms with E-state index in [1.807, 2.05) is 93.8 Å². The second-order valence-electron chi connectivity index (χ2n) is 16.4. The van der Waals surface area contributed by atoms with Gasteiger partial charge in [-0.2, -0.15) is 0 Å². The maximum atomic E-state index is 14.3. The van der Waals surface area contributed by atoms with Crippen molar-refractivity contribution in [3.63, 3.8) is 0 Å². The molecule has 2 aromatic carbocycles. The molecule has 0 saturated carbocycles. The SMILES string of the molecule is CCCCCCCOc1ccc(-c2cnc(-c3ccc(C[C@H](CC(=O)c4ccc(C(C)(C)C)s4)C(=O)N4CCC[C@H]4C(=O)OC(C)(C)C)cc3)nc2)cc1. The summed E-state index contributed by atoms with van der Waals surface area (Å²) in [5.41, 5.74) is 2.96. The number of hydrogen-bond donors (Lipinski definition) is 0. The van der Waals surface area contributed by atoms with Crippen LogP contribution in [0.25, 0.3) is 22.5 Å². The van der Waals surface area contributed by atoms with Gasteiger partial charge < -0.3 is 14.4 Å². The van der Waals surface area contributed by atoms with Gasteiger partial charge in [-0.25, -0.2) is 14.8 Å². The van der Waals surface area contributed by atoms with Crippen molar-refractivity contribution < 1.29 is 23.9 Å². The first kappa shape index (κ1) is 40.8. The number of amides is 1. The summed E-state index contributed by atoms with van der Waals surface area (Å²) in [6.07, 6.45) is 11.4. The molecule has 8 nitrogen and oxygen atoms in total. The number of carbonyl (C=O) groups excluding carboxylic acids is 3. The first-order chi connectivity index (χ1) is 25.7. The number of esters is 1. The van der Waals surface area contributed by atoms with Crippen LogP contribution in [0.3, 0.4) is 0 Å². The lowest BCUT2D eigenvalue weighted by Gasteiger charge is -2.30. The first-order valence-electron chi connectivity index (χ1n) is 19.5. The fourth-order valence-corrected chi connectivity index (χ4v) is 7.69. The second kappa shape index (κ2) is 18.3. The van der Waals surface area contributed by atoms with Crippen LogP contribution in [-0.2, 0) is 26.2 Å². The Morgan fingerprint density at radius 1 is 0.833 bits per heavy atom. The maximum absolute atomic E-state index is 14.3. The number of unbranched alkanes of at least 4 members (excludes halogenated alkanes) is 4. The smallest absolute Gasteiger partial charge is 0.329 e. The summed E-state index contributed by atoms with van der Waals surface area (Å²) in [7, 11) is 0. The average molecular weight is 752 g/mol. The van der Waals surface area contributed by atoms with Crippen LogP contribution >= 0.6 is 11.3 Å². The lowest BCUT2D eigenvalue weighted by Crippen LogP contribution is -2.46. The topological polar surface area (TPSA) is 98.7 Å². The Morgan fingerprint density at radius 2 is 1.50 bits per heavy atom. The normalized spacial score (nSPS) is 15.2. The molecule has 0 radical (unpaired) electrons. The van der Waals surface area contributed by atoms with E-state index in [1.165, 1.54) is 37.0 Å². The molecule has 5 rings (SSSR count). The molecule has 0 N–H and O–H groups in total. The molecule has 2 aromatic heterocycles. The van der Waals surface area contributed by atoms with E-state index < -0.39 is 23.5 Å². The van der Waals surface area contributed by atoms with E-state index in [0.29, 0.717) is 36.5 Å². The Labute approximate surface area is 325 Å². The van der Waals surface area contributed by atoms with Gasteiger partial charge in [-0.05, 0) is 87.3 Å². The van der Waals surface area contributed by atoms with Gasteiger partial charge in [0.15, 0.2) is 11.6 Å². The minimum atomic E-state index is -0.660. The van der Waals surface area contributed by atoms with Gasteiger partial charge in [0.1, 0.15) is 17.4 Å². The number of Topliss-reactive ketones (excluding diaryl/α,β-unsaturated/α-hetero) is 1. The van der Waals surface area contributed by atoms with Crippen molar-refractivity contribution >= 4 is 29.0 Å². The highest BCUT2D eigenvalue weighted by molar-refractivity contribution is 7.14. The van der Waals surface area contributed by atoms with Crippen molar-refractivity contribution in [3.8, 4) is 28.3 Å². The van der Waals surface area contributed by atoms with Crippen LogP contribution in [0.4, 0.5) is 0 Å². The average Bonchev–Trinajstić information content (AvgIpc) is 3.84. The van der Waals surface area contributed by atoms with Gasteiger partial charge in [0.25, 0.3) is 0 Å². The molecule has 1 aliphatic heterocycles. The van der Waals surface area contributed by atoms with Gasteiger partial charge in [-0.1, -0.05) is 89.8 Å². The zero-order valence-electron chi connectivity index (χ0n) is 33.2. The zero-order valence-corrected chi connectivity index (χ0v) is 34.0. The number of rotatable bonds is 16. The predicted molar refractivity (Wildman–Crippen MR) is 217 cm³/mol. The number of aromatic nitrogens is 2. The fourth-order valence-electron chi connectivity index (χ4n) is 6.68. The van der Waals surface area contributed by atoms with Crippen LogP contribution in [0.5, 0.6) is 5.75 Å². The molecule has 9 heteroatoms. The number of hydrogen-bond acceptors (Lipinski definition) is 8. The van der Waals surface area contributed by atoms with Crippen molar-refractivity contribution in [2.24, 2.45) is 5.92 Å². The van der Waals surface area contributed by atoms with E-state index in [0.717, 1.165) is 45.9 Å². The van der Waals surface area contributed by atoms with Crippen molar-refractivity contribution in [3.05, 3.63) is 88.4 Å². The van der Waals surface area contributed by atoms with Gasteiger partial charge in [0, 0.05) is 47.3 Å². The van der Waals surface area contributed by atoms with Crippen LogP contribution in [0.2, 0.25) is 0 Å². The quantitative estimate of drug-likeness (QED) is 0.0638. The highest BCUT2D eigenvalue weighted by atomic mass is 32.1.